The van der Waals surface area contributed by atoms with Crippen molar-refractivity contribution in [3.8, 4) is 17.2 Å². The number of benzene rings is 3. The topological polar surface area (TPSA) is 77.2 Å². The number of para-hydroxylation sites is 1. The van der Waals surface area contributed by atoms with E-state index in [1.54, 1.807) is 18.2 Å². The molecule has 0 spiro atoms. The highest BCUT2D eigenvalue weighted by atomic mass is 35.5. The van der Waals surface area contributed by atoms with Crippen LogP contribution in [0.4, 0.5) is 10.1 Å². The third kappa shape index (κ3) is 5.39. The molecule has 3 aromatic carbocycles. The van der Waals surface area contributed by atoms with E-state index in [2.05, 4.69) is 56.1 Å². The number of carbonyl (C=O) groups excluding carboxylic acids is 1. The summed E-state index contributed by atoms with van der Waals surface area (Å²) >= 11 is 13.1. The molecular formula is C41H39Cl2FN6O. The number of nitrogens with one attached hydrogen (secondary N) is 1. The maximum absolute atomic E-state index is 17.2. The summed E-state index contributed by atoms with van der Waals surface area (Å²) in [5.74, 6) is 0.318. The molecule has 10 heteroatoms. The Bertz CT molecular complexity index is 2230. The van der Waals surface area contributed by atoms with Gasteiger partial charge in [0.25, 0.3) is 0 Å². The lowest BCUT2D eigenvalue weighted by molar-refractivity contribution is -0.135. The summed E-state index contributed by atoms with van der Waals surface area (Å²) in [6.07, 6.45) is 4.34. The summed E-state index contributed by atoms with van der Waals surface area (Å²) in [6, 6.07) is 22.6. The summed E-state index contributed by atoms with van der Waals surface area (Å²) in [4.78, 5) is 23.6. The Kier molecular flexibility index (Phi) is 8.22. The minimum Gasteiger partial charge on any atom is -0.370 e. The van der Waals surface area contributed by atoms with Gasteiger partial charge in [-0.25, -0.2) is 9.37 Å². The van der Waals surface area contributed by atoms with Gasteiger partial charge in [-0.2, -0.15) is 5.26 Å². The molecule has 2 aliphatic carbocycles. The molecule has 2 saturated carbocycles. The number of nitrogens with zero attached hydrogens (tertiary/aromatic N) is 5. The highest BCUT2D eigenvalue weighted by Crippen LogP contribution is 2.50. The monoisotopic (exact) mass is 720 g/mol. The van der Waals surface area contributed by atoms with Gasteiger partial charge in [0.2, 0.25) is 5.91 Å². The smallest absolute Gasteiger partial charge is 0.226 e. The summed E-state index contributed by atoms with van der Waals surface area (Å²) in [5.41, 5.74) is 5.77. The first-order valence-corrected chi connectivity index (χ1v) is 18.9. The summed E-state index contributed by atoms with van der Waals surface area (Å²) in [7, 11) is 0. The Morgan fingerprint density at radius 3 is 2.59 bits per heavy atom. The largest absolute Gasteiger partial charge is 0.370 e. The molecule has 3 saturated heterocycles. The van der Waals surface area contributed by atoms with Crippen molar-refractivity contribution in [2.45, 2.75) is 63.6 Å². The van der Waals surface area contributed by atoms with Gasteiger partial charge in [0.15, 0.2) is 5.82 Å². The van der Waals surface area contributed by atoms with Crippen LogP contribution < -0.4 is 10.2 Å². The van der Waals surface area contributed by atoms with Gasteiger partial charge in [-0.15, -0.1) is 0 Å². The molecule has 5 aliphatic rings. The minimum absolute atomic E-state index is 0.0907. The van der Waals surface area contributed by atoms with Gasteiger partial charge in [-0.05, 0) is 80.8 Å². The number of rotatable bonds is 7. The lowest BCUT2D eigenvalue weighted by Gasteiger charge is -2.40. The van der Waals surface area contributed by atoms with E-state index in [-0.39, 0.29) is 40.9 Å². The maximum atomic E-state index is 17.2. The van der Waals surface area contributed by atoms with E-state index < -0.39 is 5.82 Å². The number of hydrogen-bond donors (Lipinski definition) is 1. The third-order valence-electron chi connectivity index (χ3n) is 11.8. The molecule has 10 rings (SSSR count). The molecule has 4 atom stereocenters. The van der Waals surface area contributed by atoms with Crippen molar-refractivity contribution >= 4 is 56.6 Å². The second-order valence-electron chi connectivity index (χ2n) is 14.7. The second-order valence-corrected chi connectivity index (χ2v) is 15.5. The fourth-order valence-electron chi connectivity index (χ4n) is 9.06. The average Bonchev–Trinajstić information content (AvgIpc) is 3.65. The van der Waals surface area contributed by atoms with Crippen molar-refractivity contribution in [3.63, 3.8) is 0 Å². The zero-order chi connectivity index (χ0) is 35.0. The third-order valence-corrected chi connectivity index (χ3v) is 12.6. The van der Waals surface area contributed by atoms with Crippen LogP contribution in [-0.4, -0.2) is 52.6 Å². The van der Waals surface area contributed by atoms with Gasteiger partial charge in [-0.3, -0.25) is 4.79 Å². The number of fused-ring (bicyclic) bond motifs is 4. The Morgan fingerprint density at radius 2 is 1.86 bits per heavy atom. The molecule has 0 radical (unpaired) electrons. The van der Waals surface area contributed by atoms with Crippen molar-refractivity contribution in [1.82, 2.24) is 19.8 Å². The van der Waals surface area contributed by atoms with Crippen molar-refractivity contribution in [2.24, 2.45) is 11.8 Å². The van der Waals surface area contributed by atoms with Gasteiger partial charge in [0.1, 0.15) is 5.52 Å². The van der Waals surface area contributed by atoms with Gasteiger partial charge in [-0.1, -0.05) is 53.5 Å². The van der Waals surface area contributed by atoms with Crippen LogP contribution in [-0.2, 0) is 11.2 Å². The van der Waals surface area contributed by atoms with E-state index in [4.69, 9.17) is 28.2 Å². The van der Waals surface area contributed by atoms with Crippen molar-refractivity contribution in [1.29, 1.82) is 5.26 Å². The number of aryl methyl sites for hydroxylation is 2. The summed E-state index contributed by atoms with van der Waals surface area (Å²) in [5, 5.41) is 15.7. The standard InChI is InChI=1S/C41H39Cl2FN6O/c1-23-29-21-34(33-14-16-48(27-8-3-2-4-9-27)17-18-49(33)41(51)24-12-13-24)50(39-26-20-32(39)46-22-26)40(29)30-19-25(7-6-15-45)35(37(44)38(30)47-23)28-10-5-11-31(42)36(28)43/h2-5,8-11,19,21,24,26,32-33,39,46H,6-7,12-14,16-18,20,22H2,1H3/t26-,32-,33-,39+/m1/s1. The molecule has 5 aromatic rings. The summed E-state index contributed by atoms with van der Waals surface area (Å²) in [6.45, 7) is 5.11. The number of aromatic nitrogens is 2. The van der Waals surface area contributed by atoms with Crippen LogP contribution in [0.1, 0.15) is 61.1 Å². The van der Waals surface area contributed by atoms with Crippen LogP contribution in [0.3, 0.4) is 0 Å². The summed E-state index contributed by atoms with van der Waals surface area (Å²) < 4.78 is 19.7. The Balaban J connectivity index is 1.28. The molecule has 0 unspecified atom stereocenters. The first kappa shape index (κ1) is 32.7. The molecule has 2 aromatic heterocycles. The molecule has 5 heterocycles. The predicted molar refractivity (Wildman–Crippen MR) is 201 cm³/mol. The Hall–Kier alpha value is -4.16. The van der Waals surface area contributed by atoms with Crippen molar-refractivity contribution < 1.29 is 9.18 Å². The van der Waals surface area contributed by atoms with Crippen molar-refractivity contribution in [2.75, 3.05) is 31.1 Å². The van der Waals surface area contributed by atoms with E-state index in [0.29, 0.717) is 46.6 Å². The predicted octanol–water partition coefficient (Wildman–Crippen LogP) is 8.79. The molecule has 2 bridgehead atoms. The van der Waals surface area contributed by atoms with Gasteiger partial charge in [0, 0.05) is 83.5 Å². The fourth-order valence-corrected chi connectivity index (χ4v) is 9.46. The van der Waals surface area contributed by atoms with E-state index in [1.165, 1.54) is 5.69 Å². The molecule has 3 aliphatic heterocycles. The zero-order valence-electron chi connectivity index (χ0n) is 28.5. The van der Waals surface area contributed by atoms with E-state index in [9.17, 15) is 10.1 Å². The molecule has 7 nitrogen and oxygen atoms in total. The average molecular weight is 722 g/mol. The Morgan fingerprint density at radius 1 is 1.04 bits per heavy atom. The number of pyridine rings is 1. The fraction of sp³-hybridized carbons (Fsp3) is 0.390. The number of hydrogen-bond acceptors (Lipinski definition) is 5. The zero-order valence-corrected chi connectivity index (χ0v) is 30.0. The second kappa shape index (κ2) is 12.8. The molecule has 1 N–H and O–H groups in total. The van der Waals surface area contributed by atoms with E-state index in [1.807, 2.05) is 19.1 Å². The van der Waals surface area contributed by atoms with E-state index >= 15 is 4.39 Å². The lowest BCUT2D eigenvalue weighted by atomic mass is 9.79. The molecule has 1 amide bonds. The highest BCUT2D eigenvalue weighted by Gasteiger charge is 2.50. The SMILES string of the molecule is Cc1nc2c(F)c(-c3cccc(Cl)c3Cl)c(CCC#N)cc2c2c1cc([C@H]1CCN(c3ccccc3)CCN1C(=O)C1CC1)n2[C@H]1[C@H]2CN[C@@H]1C2. The van der Waals surface area contributed by atoms with Gasteiger partial charge in [0.05, 0.1) is 33.7 Å². The van der Waals surface area contributed by atoms with Gasteiger partial charge < -0.3 is 19.7 Å². The highest BCUT2D eigenvalue weighted by molar-refractivity contribution is 6.43. The quantitative estimate of drug-likeness (QED) is 0.182. The molecule has 260 valence electrons. The first-order valence-electron chi connectivity index (χ1n) is 18.2. The Labute approximate surface area is 306 Å². The molecule has 5 fully saturated rings. The van der Waals surface area contributed by atoms with Crippen LogP contribution >= 0.6 is 23.2 Å². The molecular weight excluding hydrogens is 682 g/mol. The number of halogens is 3. The number of carbonyl (C=O) groups is 1. The van der Waals surface area contributed by atoms with Crippen LogP contribution in [0.2, 0.25) is 10.0 Å². The number of anilines is 1. The van der Waals surface area contributed by atoms with Crippen LogP contribution in [0.25, 0.3) is 32.9 Å². The van der Waals surface area contributed by atoms with Crippen LogP contribution in [0.5, 0.6) is 0 Å². The number of amides is 1. The van der Waals surface area contributed by atoms with E-state index in [0.717, 1.165) is 73.0 Å². The van der Waals surface area contributed by atoms with Crippen molar-refractivity contribution in [3.05, 3.63) is 93.5 Å². The molecule has 51 heavy (non-hydrogen) atoms. The van der Waals surface area contributed by atoms with Gasteiger partial charge >= 0.3 is 0 Å². The number of nitriles is 1. The maximum Gasteiger partial charge on any atom is 0.226 e. The normalized spacial score (nSPS) is 23.0. The van der Waals surface area contributed by atoms with Crippen LogP contribution in [0.15, 0.2) is 60.7 Å². The first-order chi connectivity index (χ1) is 24.8. The lowest BCUT2D eigenvalue weighted by Crippen LogP contribution is -2.42. The minimum atomic E-state index is -0.461. The van der Waals surface area contributed by atoms with Crippen LogP contribution in [0, 0.1) is 35.9 Å².